The van der Waals surface area contributed by atoms with E-state index >= 15 is 0 Å². The summed E-state index contributed by atoms with van der Waals surface area (Å²) in [7, 11) is 18.6. The molecule has 0 unspecified atom stereocenters. The number of fused-ring (bicyclic) bond motifs is 4. The highest BCUT2D eigenvalue weighted by molar-refractivity contribution is 6.29. The average molecular weight is 2090 g/mol. The number of rotatable bonds is 31. The van der Waals surface area contributed by atoms with Crippen LogP contribution in [0, 0.1) is 0 Å². The van der Waals surface area contributed by atoms with Crippen molar-refractivity contribution in [2.45, 2.75) is 76.3 Å². The fraction of sp³-hybridized carbons (Fsp3) is 0.312. The first kappa shape index (κ1) is 104. The van der Waals surface area contributed by atoms with Crippen molar-refractivity contribution in [3.63, 3.8) is 0 Å². The third-order valence-corrected chi connectivity index (χ3v) is 24.9. The molecule has 148 heavy (non-hydrogen) atoms. The quantitative estimate of drug-likeness (QED) is 0.0187. The lowest BCUT2D eigenvalue weighted by molar-refractivity contribution is -0.120. The Kier molecular flexibility index (Phi) is 32.6. The normalized spacial score (nSPS) is 14.2. The van der Waals surface area contributed by atoms with E-state index in [1.165, 1.54) is 40.9 Å². The molecule has 4 saturated heterocycles. The molecular formula is C96H105Cl3N30O19. The average Bonchev–Trinajstić information content (AvgIpc) is 1.61. The number of carboxylic acids is 1. The summed E-state index contributed by atoms with van der Waals surface area (Å²) in [5.74, 6) is 8.02. The van der Waals surface area contributed by atoms with Gasteiger partial charge in [-0.25, -0.2) is 42.8 Å². The van der Waals surface area contributed by atoms with Crippen LogP contribution in [0.25, 0.3) is 44.8 Å². The van der Waals surface area contributed by atoms with Crippen LogP contribution in [0.4, 0.5) is 52.5 Å². The Hall–Kier alpha value is -17.4. The molecule has 4 aromatic carbocycles. The summed E-state index contributed by atoms with van der Waals surface area (Å²) in [4.78, 5) is 112. The van der Waals surface area contributed by atoms with Gasteiger partial charge < -0.3 is 133 Å². The third kappa shape index (κ3) is 22.4. The molecule has 0 saturated carbocycles. The zero-order chi connectivity index (χ0) is 105. The van der Waals surface area contributed by atoms with Gasteiger partial charge in [-0.2, -0.15) is 19.9 Å². The summed E-state index contributed by atoms with van der Waals surface area (Å²) in [6.45, 7) is 4.42. The minimum atomic E-state index is -1.13. The molecule has 0 aliphatic carbocycles. The summed E-state index contributed by atoms with van der Waals surface area (Å²) in [6, 6.07) is 27.3. The van der Waals surface area contributed by atoms with Crippen LogP contribution in [0.1, 0.15) is 106 Å². The van der Waals surface area contributed by atoms with Gasteiger partial charge in [0.1, 0.15) is 93.8 Å². The molecule has 774 valence electrons. The number of aromatic carboxylic acids is 1. The second-order valence-corrected chi connectivity index (χ2v) is 34.2. The van der Waals surface area contributed by atoms with Crippen molar-refractivity contribution >= 4 is 145 Å². The number of aldehydes is 1. The molecule has 2 atom stereocenters. The number of carbonyl (C=O) groups is 6. The van der Waals surface area contributed by atoms with E-state index in [-0.39, 0.29) is 45.3 Å². The van der Waals surface area contributed by atoms with Gasteiger partial charge in [-0.3, -0.25) is 24.0 Å². The number of benzene rings is 4. The number of imidazole rings is 4. The van der Waals surface area contributed by atoms with E-state index in [4.69, 9.17) is 113 Å². The summed E-state index contributed by atoms with van der Waals surface area (Å²) < 4.78 is 77.9. The Bertz CT molecular complexity index is 7450. The number of hydrogen-bond acceptors (Lipinski definition) is 36. The Balaban J connectivity index is 0.000000138. The molecule has 52 heteroatoms. The number of aromatic nitrogens is 20. The lowest BCUT2D eigenvalue weighted by atomic mass is 10.1. The molecule has 20 rings (SSSR count). The van der Waals surface area contributed by atoms with Crippen molar-refractivity contribution in [3.05, 3.63) is 186 Å². The monoisotopic (exact) mass is 2090 g/mol. The van der Waals surface area contributed by atoms with Crippen molar-refractivity contribution in [1.82, 2.24) is 112 Å². The standard InChI is InChI=1S/C29H35N9O5.C24H26ClN7O4.C19H17ClN6O5.C19H17ClN6O4.C5H10N2O/c1-41-22-14-18(15-23(42-2)25(22)43-3)36-16-24(31-17-36)32-27-20-9-10-21(28(40)35-11-5-4-6-12-35)38(20)34-29(33-27)37-13-7-8-19(37)26(30)39;1-34-18-11-15(12-19(35-2)21(18)36-3)31-13-20(26-14-31)27-22-16-7-8-17(32(16)29-24(25)28-22)23(33)30-9-5-4-6-10-30;1-29-13-6-10(7-14(30-2)16(13)31-3)25-8-15(21-9-25)22-17-11-4-5-12(18(27)28)26(11)24-19(20)23-17;1-28-14-6-12(7-15(29-2)17(14)30-3)25-8-16(21-10-25)22-18-13-5-4-11(9-27)26(13)24-19(20)23-18;6-5(8)4-2-1-3-7-4/h9-10,14-17,19H,4-8,11-13H2,1-3H3,(H2,30,39)(H,32,33,34);7-8,11-14H,4-6,9-10H2,1-3H3,(H,27,28,29);4-9H,1-3H3,(H,27,28)(H,22,23,24);4-10H,1-3H3,(H,22,23,24);4,7H,1-3H2,(H2,6,8)/t19-;;;;4-/m0...0/s1. The highest BCUT2D eigenvalue weighted by atomic mass is 35.5. The number of amides is 4. The van der Waals surface area contributed by atoms with E-state index < -0.39 is 17.9 Å². The van der Waals surface area contributed by atoms with Gasteiger partial charge in [0.25, 0.3) is 11.8 Å². The zero-order valence-electron chi connectivity index (χ0n) is 82.3. The van der Waals surface area contributed by atoms with Crippen molar-refractivity contribution in [1.29, 1.82) is 0 Å². The van der Waals surface area contributed by atoms with E-state index in [9.17, 15) is 33.9 Å². The van der Waals surface area contributed by atoms with Gasteiger partial charge in [0.2, 0.25) is 56.6 Å². The number of nitrogens with zero attached hydrogens (tertiary/aromatic N) is 23. The topological polar surface area (TPSA) is 547 Å². The van der Waals surface area contributed by atoms with Crippen molar-refractivity contribution in [2.24, 2.45) is 11.5 Å². The summed E-state index contributed by atoms with van der Waals surface area (Å²) >= 11 is 18.2. The minimum absolute atomic E-state index is 0.00615. The van der Waals surface area contributed by atoms with Gasteiger partial charge in [0.05, 0.1) is 139 Å². The molecule has 10 N–H and O–H groups in total. The van der Waals surface area contributed by atoms with Crippen molar-refractivity contribution in [3.8, 4) is 91.7 Å². The van der Waals surface area contributed by atoms with E-state index in [1.54, 1.807) is 202 Å². The largest absolute Gasteiger partial charge is 0.493 e. The van der Waals surface area contributed by atoms with Crippen molar-refractivity contribution < 1.29 is 90.7 Å². The SMILES string of the molecule is COc1cc(-n2cnc(Nc3nc(Cl)nn4c(C(=O)N5CCCCC5)ccc34)c2)cc(OC)c1OC.COc1cc(-n2cnc(Nc3nc(Cl)nn4c(C(=O)O)ccc34)c2)cc(OC)c1OC.COc1cc(-n2cnc(Nc3nc(Cl)nn4c(C=O)ccc34)c2)cc(OC)c1OC.COc1cc(-n2cnc(Nc3nc(N4CCC[C@H]4C(N)=O)nn4c(C(=O)N5CCCCC5)ccc34)c2)cc(OC)c1OC.NC(=O)[C@@H]1CCCN1. The predicted octanol–water partition coefficient (Wildman–Crippen LogP) is 12.1. The molecule has 16 aromatic rings. The number of carboxylic acid groups (broad SMARTS) is 1. The Labute approximate surface area is 859 Å². The van der Waals surface area contributed by atoms with Crippen molar-refractivity contribution in [2.75, 3.05) is 151 Å². The Morgan fingerprint density at radius 3 is 1.00 bits per heavy atom. The first-order valence-corrected chi connectivity index (χ1v) is 47.3. The molecule has 0 spiro atoms. The van der Waals surface area contributed by atoms with Gasteiger partial charge in [-0.1, -0.05) is 0 Å². The summed E-state index contributed by atoms with van der Waals surface area (Å²) in [5.41, 5.74) is 17.1. The number of hydrogen-bond donors (Lipinski definition) is 8. The number of halogens is 3. The van der Waals surface area contributed by atoms with Crippen LogP contribution < -0.4 is 99.8 Å². The fourth-order valence-electron chi connectivity index (χ4n) is 17.2. The zero-order valence-corrected chi connectivity index (χ0v) is 84.5. The van der Waals surface area contributed by atoms with Gasteiger partial charge >= 0.3 is 5.97 Å². The second-order valence-electron chi connectivity index (χ2n) is 33.2. The van der Waals surface area contributed by atoms with Crippen LogP contribution in [0.15, 0.2) is 147 Å². The highest BCUT2D eigenvalue weighted by Gasteiger charge is 2.35. The molecule has 4 amide bonds. The number of nitrogens with one attached hydrogen (secondary N) is 5. The fourth-order valence-corrected chi connectivity index (χ4v) is 17.7. The van der Waals surface area contributed by atoms with Gasteiger partial charge in [-0.15, -0.1) is 20.4 Å². The van der Waals surface area contributed by atoms with Gasteiger partial charge in [0, 0.05) is 81.3 Å². The number of primary amides is 2. The number of carbonyl (C=O) groups excluding carboxylic acids is 5. The molecule has 49 nitrogen and oxygen atoms in total. The molecular weight excluding hydrogens is 1980 g/mol. The molecule has 0 radical (unpaired) electrons. The number of nitrogens with two attached hydrogens (primary N) is 2. The Morgan fingerprint density at radius 2 is 0.696 bits per heavy atom. The maximum absolute atomic E-state index is 13.6. The molecule has 16 heterocycles. The van der Waals surface area contributed by atoms with Crippen LogP contribution in [0.3, 0.4) is 0 Å². The summed E-state index contributed by atoms with van der Waals surface area (Å²) in [5, 5.41) is 41.8. The lowest BCUT2D eigenvalue weighted by Gasteiger charge is -2.26. The smallest absolute Gasteiger partial charge is 0.354 e. The predicted molar refractivity (Wildman–Crippen MR) is 545 cm³/mol. The second kappa shape index (κ2) is 46.6. The molecule has 0 bridgehead atoms. The lowest BCUT2D eigenvalue weighted by Crippen LogP contribution is -2.41. The summed E-state index contributed by atoms with van der Waals surface area (Å²) in [6.07, 6.45) is 23.9. The van der Waals surface area contributed by atoms with E-state index in [0.717, 1.165) is 100 Å². The van der Waals surface area contributed by atoms with Crippen LogP contribution >= 0.6 is 34.8 Å². The van der Waals surface area contributed by atoms with E-state index in [1.807, 2.05) is 40.1 Å². The van der Waals surface area contributed by atoms with Gasteiger partial charge in [0.15, 0.2) is 81.2 Å². The van der Waals surface area contributed by atoms with E-state index in [0.29, 0.717) is 193 Å². The molecule has 12 aromatic heterocycles. The molecule has 4 aliphatic rings. The number of piperidine rings is 2. The van der Waals surface area contributed by atoms with Gasteiger partial charge in [-0.05, 0) is 154 Å². The Morgan fingerprint density at radius 1 is 0.378 bits per heavy atom. The van der Waals surface area contributed by atoms with Crippen LogP contribution in [-0.2, 0) is 9.59 Å². The van der Waals surface area contributed by atoms with Crippen LogP contribution in [0.5, 0.6) is 69.0 Å². The number of methoxy groups -OCH3 is 12. The number of ether oxygens (including phenoxy) is 12. The first-order valence-electron chi connectivity index (χ1n) is 46.1. The van der Waals surface area contributed by atoms with E-state index in [2.05, 4.69) is 76.8 Å². The molecule has 4 fully saturated rings. The van der Waals surface area contributed by atoms with Crippen LogP contribution in [0.2, 0.25) is 15.9 Å². The highest BCUT2D eigenvalue weighted by Crippen LogP contribution is 2.45. The third-order valence-electron chi connectivity index (χ3n) is 24.4. The molecule has 4 aliphatic heterocycles. The first-order chi connectivity index (χ1) is 71.7. The van der Waals surface area contributed by atoms with Crippen LogP contribution in [-0.4, -0.2) is 284 Å². The maximum atomic E-state index is 13.6. The minimum Gasteiger partial charge on any atom is -0.493 e. The number of anilines is 9. The number of likely N-dealkylation sites (tertiary alicyclic amines) is 2. The maximum Gasteiger partial charge on any atom is 0.354 e.